The van der Waals surface area contributed by atoms with Crippen molar-refractivity contribution in [1.29, 1.82) is 10.5 Å². The van der Waals surface area contributed by atoms with Gasteiger partial charge in [0.05, 0.1) is 13.2 Å². The van der Waals surface area contributed by atoms with E-state index in [-0.39, 0.29) is 0 Å². The molecule has 2 N–H and O–H groups in total. The van der Waals surface area contributed by atoms with E-state index in [2.05, 4.69) is 3.63 Å². The van der Waals surface area contributed by atoms with Gasteiger partial charge in [-0.05, 0) is 6.08 Å². The van der Waals surface area contributed by atoms with E-state index >= 15 is 0 Å². The van der Waals surface area contributed by atoms with Crippen LogP contribution in [0.1, 0.15) is 0 Å². The molecule has 0 bridgehead atoms. The monoisotopic (exact) mass is 362 g/mol. The zero-order valence-corrected chi connectivity index (χ0v) is 12.7. The van der Waals surface area contributed by atoms with Gasteiger partial charge < -0.3 is 10.2 Å². The fourth-order valence-corrected chi connectivity index (χ4v) is 5.55. The van der Waals surface area contributed by atoms with Gasteiger partial charge in [-0.25, -0.2) is 3.63 Å². The van der Waals surface area contributed by atoms with Crippen LogP contribution >= 0.6 is 10.3 Å². The van der Waals surface area contributed by atoms with Crippen molar-refractivity contribution >= 4 is 20.4 Å². The van der Waals surface area contributed by atoms with Crippen LogP contribution in [0.3, 0.4) is 0 Å². The number of hydrogen-bond donors (Lipinski definition) is 2. The highest BCUT2D eigenvalue weighted by atomic mass is 32.3. The number of allylic oxidation sites excluding steroid dienone is 1. The number of nitriles is 2. The van der Waals surface area contributed by atoms with E-state index in [0.29, 0.717) is 0 Å². The van der Waals surface area contributed by atoms with Crippen molar-refractivity contribution in [3.63, 3.8) is 0 Å². The highest BCUT2D eigenvalue weighted by Gasteiger charge is 2.50. The third-order valence-corrected chi connectivity index (χ3v) is 7.34. The molecule has 0 aliphatic carbocycles. The molecule has 0 aromatic heterocycles. The third kappa shape index (κ3) is 5.82. The summed E-state index contributed by atoms with van der Waals surface area (Å²) < 4.78 is 63.9. The summed E-state index contributed by atoms with van der Waals surface area (Å²) in [5.41, 5.74) is -6.10. The summed E-state index contributed by atoms with van der Waals surface area (Å²) in [5, 5.41) is 35.0. The van der Waals surface area contributed by atoms with Gasteiger partial charge >= 0.3 is 15.6 Å². The Kier molecular flexibility index (Phi) is 7.86. The molecule has 0 amide bonds. The van der Waals surface area contributed by atoms with E-state index in [9.17, 15) is 21.6 Å². The first-order valence-electron chi connectivity index (χ1n) is 5.58. The van der Waals surface area contributed by atoms with Crippen molar-refractivity contribution in [2.24, 2.45) is 0 Å². The Bertz CT molecular complexity index is 567. The molecular weight excluding hydrogens is 349 g/mol. The molecule has 0 saturated carbocycles. The van der Waals surface area contributed by atoms with Crippen LogP contribution < -0.4 is 0 Å². The quantitative estimate of drug-likeness (QED) is 0.475. The van der Waals surface area contributed by atoms with Crippen LogP contribution in [0.4, 0.5) is 13.2 Å². The van der Waals surface area contributed by atoms with Gasteiger partial charge in [-0.1, -0.05) is 0 Å². The van der Waals surface area contributed by atoms with Crippen LogP contribution in [0.25, 0.3) is 0 Å². The minimum atomic E-state index is -5.94. The molecule has 0 spiro atoms. The Morgan fingerprint density at radius 1 is 1.14 bits per heavy atom. The van der Waals surface area contributed by atoms with Crippen molar-refractivity contribution in [2.75, 3.05) is 30.5 Å². The van der Waals surface area contributed by atoms with Crippen LogP contribution in [-0.2, 0) is 13.7 Å². The van der Waals surface area contributed by atoms with Crippen molar-refractivity contribution in [2.45, 2.75) is 5.51 Å². The predicted molar refractivity (Wildman–Crippen MR) is 71.7 cm³/mol. The molecule has 12 heteroatoms. The number of alkyl halides is 3. The van der Waals surface area contributed by atoms with E-state index < -0.39 is 62.0 Å². The molecule has 126 valence electrons. The molecule has 0 heterocycles. The Balaban J connectivity index is 5.67. The molecule has 0 radical (unpaired) electrons. The number of hydrogen-bond acceptors (Lipinski definition) is 7. The number of nitrogens with zero attached hydrogens (tertiary/aromatic N) is 2. The van der Waals surface area contributed by atoms with Gasteiger partial charge in [-0.3, -0.25) is 0 Å². The van der Waals surface area contributed by atoms with E-state index in [0.717, 1.165) is 6.08 Å². The van der Waals surface area contributed by atoms with Crippen LogP contribution in [-0.4, -0.2) is 54.6 Å². The lowest BCUT2D eigenvalue weighted by Gasteiger charge is -2.36. The molecule has 0 rings (SSSR count). The maximum Gasteiger partial charge on any atom is 0.523 e. The lowest BCUT2D eigenvalue weighted by Crippen LogP contribution is -2.31. The molecule has 0 aliphatic heterocycles. The summed E-state index contributed by atoms with van der Waals surface area (Å²) in [6, 6.07) is 2.93. The zero-order chi connectivity index (χ0) is 17.4. The van der Waals surface area contributed by atoms with Gasteiger partial charge in [0.2, 0.25) is 0 Å². The normalized spacial score (nSPS) is 13.0. The summed E-state index contributed by atoms with van der Waals surface area (Å²) in [6.07, 6.45) is 0.923. The number of rotatable bonds is 8. The maximum absolute atomic E-state index is 12.4. The maximum atomic E-state index is 12.4. The summed E-state index contributed by atoms with van der Waals surface area (Å²) in [5.74, 6) is -1.44. The lowest BCUT2D eigenvalue weighted by molar-refractivity contribution is -0.0496. The van der Waals surface area contributed by atoms with Gasteiger partial charge in [-0.15, -0.1) is 10.3 Å². The van der Waals surface area contributed by atoms with Gasteiger partial charge in [0.1, 0.15) is 17.7 Å². The van der Waals surface area contributed by atoms with Crippen LogP contribution in [0.15, 0.2) is 11.6 Å². The first-order valence-corrected chi connectivity index (χ1v) is 9.05. The van der Waals surface area contributed by atoms with Crippen LogP contribution in [0.2, 0.25) is 0 Å². The SMILES string of the molecule is N#CC(C#N)=CCS(CCO)(CCO)OS(=O)(=O)C(F)(F)F. The second-order valence-corrected chi connectivity index (χ2v) is 8.79. The summed E-state index contributed by atoms with van der Waals surface area (Å²) in [4.78, 5) is 0. The number of aliphatic hydroxyl groups excluding tert-OH is 2. The van der Waals surface area contributed by atoms with Crippen molar-refractivity contribution in [3.05, 3.63) is 11.6 Å². The van der Waals surface area contributed by atoms with Gasteiger partial charge in [0.15, 0.2) is 0 Å². The Hall–Kier alpha value is -1.31. The molecular formula is C10H13F3N2O5S2. The molecule has 7 nitrogen and oxygen atoms in total. The van der Waals surface area contributed by atoms with Gasteiger partial charge in [-0.2, -0.15) is 32.1 Å². The smallest absolute Gasteiger partial charge is 0.395 e. The van der Waals surface area contributed by atoms with E-state index in [1.165, 1.54) is 12.1 Å². The van der Waals surface area contributed by atoms with Crippen LogP contribution in [0.5, 0.6) is 0 Å². The summed E-state index contributed by atoms with van der Waals surface area (Å²) >= 11 is 0. The average Bonchev–Trinajstić information content (AvgIpc) is 2.38. The molecule has 0 aromatic rings. The predicted octanol–water partition coefficient (Wildman–Crippen LogP) is 0.530. The minimum absolute atomic E-state index is 0.444. The number of halogens is 3. The van der Waals surface area contributed by atoms with Crippen LogP contribution in [0, 0.1) is 22.7 Å². The fraction of sp³-hybridized carbons (Fsp3) is 0.600. The summed E-state index contributed by atoms with van der Waals surface area (Å²) in [6.45, 7) is -1.38. The Morgan fingerprint density at radius 2 is 1.59 bits per heavy atom. The second kappa shape index (κ2) is 8.36. The molecule has 0 saturated heterocycles. The number of aliphatic hydroxyl groups is 2. The highest BCUT2D eigenvalue weighted by molar-refractivity contribution is 8.33. The van der Waals surface area contributed by atoms with E-state index in [1.54, 1.807) is 0 Å². The van der Waals surface area contributed by atoms with Crippen molar-refractivity contribution < 1.29 is 35.4 Å². The van der Waals surface area contributed by atoms with Crippen molar-refractivity contribution in [3.8, 4) is 12.1 Å². The Morgan fingerprint density at radius 3 is 1.91 bits per heavy atom. The molecule has 0 fully saturated rings. The average molecular weight is 362 g/mol. The zero-order valence-electron chi connectivity index (χ0n) is 11.1. The molecule has 0 unspecified atom stereocenters. The van der Waals surface area contributed by atoms with Gasteiger partial charge in [0.25, 0.3) is 0 Å². The van der Waals surface area contributed by atoms with E-state index in [1.807, 2.05) is 0 Å². The largest absolute Gasteiger partial charge is 0.523 e. The van der Waals surface area contributed by atoms with Gasteiger partial charge in [0, 0.05) is 17.3 Å². The standard InChI is InChI=1S/C10H13F3N2O5S2/c11-10(12,13)22(18,19)20-21(5-2-16,6-3-17)4-1-9(7-14)8-15/h1,16-17H,2-6H2. The summed E-state index contributed by atoms with van der Waals surface area (Å²) in [7, 11) is -9.08. The molecule has 22 heavy (non-hydrogen) atoms. The molecule has 0 aliphatic rings. The lowest BCUT2D eigenvalue weighted by atomic mass is 10.3. The fourth-order valence-electron chi connectivity index (χ4n) is 1.28. The minimum Gasteiger partial charge on any atom is -0.395 e. The second-order valence-electron chi connectivity index (χ2n) is 3.80. The highest BCUT2D eigenvalue weighted by Crippen LogP contribution is 2.52. The molecule has 0 atom stereocenters. The Labute approximate surface area is 126 Å². The van der Waals surface area contributed by atoms with E-state index in [4.69, 9.17) is 20.7 Å². The third-order valence-electron chi connectivity index (χ3n) is 2.28. The first-order chi connectivity index (χ1) is 10.1. The molecule has 0 aromatic carbocycles. The van der Waals surface area contributed by atoms with Crippen molar-refractivity contribution in [1.82, 2.24) is 0 Å². The first kappa shape index (κ1) is 20.7. The topological polar surface area (TPSA) is 131 Å².